The number of rotatable bonds is 3. The topological polar surface area (TPSA) is 68.3 Å². The van der Waals surface area contributed by atoms with Crippen LogP contribution in [0.25, 0.3) is 0 Å². The number of nitrogens with one attached hydrogen (secondary N) is 1. The van der Waals surface area contributed by atoms with Gasteiger partial charge in [-0.25, -0.2) is 4.79 Å². The van der Waals surface area contributed by atoms with Crippen LogP contribution in [0.3, 0.4) is 0 Å². The number of esters is 1. The Morgan fingerprint density at radius 3 is 2.88 bits per heavy atom. The second-order valence-electron chi connectivity index (χ2n) is 3.13. The first-order chi connectivity index (χ1) is 8.17. The second kappa shape index (κ2) is 6.28. The van der Waals surface area contributed by atoms with E-state index in [1.54, 1.807) is 19.2 Å². The van der Waals surface area contributed by atoms with E-state index in [4.69, 9.17) is 0 Å². The van der Waals surface area contributed by atoms with Gasteiger partial charge in [-0.2, -0.15) is 0 Å². The molecule has 0 fully saturated rings. The van der Waals surface area contributed by atoms with Gasteiger partial charge < -0.3 is 10.1 Å². The van der Waals surface area contributed by atoms with E-state index in [-0.39, 0.29) is 12.5 Å². The van der Waals surface area contributed by atoms with Crippen molar-refractivity contribution in [2.45, 2.75) is 13.5 Å². The fourth-order valence-electron chi connectivity index (χ4n) is 1.15. The zero-order valence-corrected chi connectivity index (χ0v) is 9.61. The van der Waals surface area contributed by atoms with E-state index >= 15 is 0 Å². The summed E-state index contributed by atoms with van der Waals surface area (Å²) in [6.07, 6.45) is 2.97. The van der Waals surface area contributed by atoms with Crippen LogP contribution in [0.1, 0.15) is 22.8 Å². The molecule has 0 bridgehead atoms. The van der Waals surface area contributed by atoms with E-state index in [1.165, 1.54) is 13.3 Å². The zero-order chi connectivity index (χ0) is 12.7. The van der Waals surface area contributed by atoms with E-state index in [2.05, 4.69) is 26.9 Å². The molecule has 1 heterocycles. The van der Waals surface area contributed by atoms with Gasteiger partial charge in [-0.05, 0) is 24.5 Å². The standard InChI is InChI=1S/C12H12N2O3/c1-3-4-11(15)14-7-9-5-10(8-13-6-9)12(16)17-2/h5-6,8H,7H2,1-2H3,(H,14,15). The minimum atomic E-state index is -0.459. The number of hydrogen-bond acceptors (Lipinski definition) is 4. The van der Waals surface area contributed by atoms with Crippen molar-refractivity contribution in [2.75, 3.05) is 7.11 Å². The minimum absolute atomic E-state index is 0.269. The van der Waals surface area contributed by atoms with Crippen molar-refractivity contribution >= 4 is 11.9 Å². The summed E-state index contributed by atoms with van der Waals surface area (Å²) in [7, 11) is 1.30. The van der Waals surface area contributed by atoms with Crippen molar-refractivity contribution in [3.05, 3.63) is 29.6 Å². The maximum Gasteiger partial charge on any atom is 0.339 e. The Hall–Kier alpha value is -2.35. The lowest BCUT2D eigenvalue weighted by molar-refractivity contribution is -0.115. The molecule has 0 aromatic carbocycles. The van der Waals surface area contributed by atoms with Gasteiger partial charge in [0, 0.05) is 18.9 Å². The highest BCUT2D eigenvalue weighted by atomic mass is 16.5. The molecule has 5 nitrogen and oxygen atoms in total. The Morgan fingerprint density at radius 1 is 1.47 bits per heavy atom. The quantitative estimate of drug-likeness (QED) is 0.609. The molecule has 0 atom stereocenters. The van der Waals surface area contributed by atoms with E-state index < -0.39 is 5.97 Å². The molecular weight excluding hydrogens is 220 g/mol. The van der Waals surface area contributed by atoms with Gasteiger partial charge in [0.1, 0.15) is 0 Å². The van der Waals surface area contributed by atoms with E-state index in [0.29, 0.717) is 11.1 Å². The Kier molecular flexibility index (Phi) is 4.70. The molecule has 1 N–H and O–H groups in total. The molecule has 0 saturated heterocycles. The van der Waals surface area contributed by atoms with Gasteiger partial charge in [-0.1, -0.05) is 5.92 Å². The van der Waals surface area contributed by atoms with Crippen LogP contribution in [0.5, 0.6) is 0 Å². The molecule has 0 saturated carbocycles. The van der Waals surface area contributed by atoms with Gasteiger partial charge in [-0.15, -0.1) is 0 Å². The van der Waals surface area contributed by atoms with Gasteiger partial charge in [-0.3, -0.25) is 9.78 Å². The number of carbonyl (C=O) groups is 2. The lowest BCUT2D eigenvalue weighted by atomic mass is 10.2. The predicted octanol–water partition coefficient (Wildman–Crippen LogP) is 0.508. The van der Waals surface area contributed by atoms with Crippen LogP contribution in [0.4, 0.5) is 0 Å². The van der Waals surface area contributed by atoms with Crippen LogP contribution in [-0.4, -0.2) is 24.0 Å². The summed E-state index contributed by atoms with van der Waals surface area (Å²) in [4.78, 5) is 26.2. The fourth-order valence-corrected chi connectivity index (χ4v) is 1.15. The normalized spacial score (nSPS) is 8.82. The van der Waals surface area contributed by atoms with Crippen LogP contribution < -0.4 is 5.32 Å². The molecule has 17 heavy (non-hydrogen) atoms. The highest BCUT2D eigenvalue weighted by Crippen LogP contribution is 2.03. The summed E-state index contributed by atoms with van der Waals surface area (Å²) in [6, 6.07) is 1.61. The molecule has 1 amide bonds. The predicted molar refractivity (Wildman–Crippen MR) is 60.9 cm³/mol. The first-order valence-electron chi connectivity index (χ1n) is 4.90. The SMILES string of the molecule is CC#CC(=O)NCc1cncc(C(=O)OC)c1. The number of pyridine rings is 1. The van der Waals surface area contributed by atoms with Crippen molar-refractivity contribution in [3.8, 4) is 11.8 Å². The van der Waals surface area contributed by atoms with E-state index in [1.807, 2.05) is 0 Å². The summed E-state index contributed by atoms with van der Waals surface area (Å²) in [5, 5.41) is 2.58. The third kappa shape index (κ3) is 3.95. The fraction of sp³-hybridized carbons (Fsp3) is 0.250. The van der Waals surface area contributed by atoms with Crippen molar-refractivity contribution in [2.24, 2.45) is 0 Å². The molecule has 5 heteroatoms. The highest BCUT2D eigenvalue weighted by Gasteiger charge is 2.06. The summed E-state index contributed by atoms with van der Waals surface area (Å²) < 4.78 is 4.57. The molecule has 1 aromatic rings. The number of carbonyl (C=O) groups excluding carboxylic acids is 2. The smallest absolute Gasteiger partial charge is 0.339 e. The zero-order valence-electron chi connectivity index (χ0n) is 9.61. The average Bonchev–Trinajstić information content (AvgIpc) is 2.36. The molecular formula is C12H12N2O3. The lowest BCUT2D eigenvalue weighted by Crippen LogP contribution is -2.21. The van der Waals surface area contributed by atoms with Crippen molar-refractivity contribution in [1.82, 2.24) is 10.3 Å². The van der Waals surface area contributed by atoms with Crippen LogP contribution in [0, 0.1) is 11.8 Å². The third-order valence-electron chi connectivity index (χ3n) is 1.91. The molecule has 0 unspecified atom stereocenters. The minimum Gasteiger partial charge on any atom is -0.465 e. The largest absolute Gasteiger partial charge is 0.465 e. The summed E-state index contributed by atoms with van der Waals surface area (Å²) in [5.41, 5.74) is 1.06. The Labute approximate surface area is 99.2 Å². The first-order valence-corrected chi connectivity index (χ1v) is 4.90. The van der Waals surface area contributed by atoms with Crippen LogP contribution in [-0.2, 0) is 16.1 Å². The third-order valence-corrected chi connectivity index (χ3v) is 1.91. The van der Waals surface area contributed by atoms with Gasteiger partial charge in [0.05, 0.1) is 12.7 Å². The number of ether oxygens (including phenoxy) is 1. The Balaban J connectivity index is 2.68. The van der Waals surface area contributed by atoms with Crippen molar-refractivity contribution < 1.29 is 14.3 Å². The lowest BCUT2D eigenvalue weighted by Gasteiger charge is -2.03. The highest BCUT2D eigenvalue weighted by molar-refractivity contribution is 5.93. The molecule has 0 aliphatic heterocycles. The summed E-state index contributed by atoms with van der Waals surface area (Å²) in [5.74, 6) is 4.02. The van der Waals surface area contributed by atoms with E-state index in [0.717, 1.165) is 0 Å². The van der Waals surface area contributed by atoms with E-state index in [9.17, 15) is 9.59 Å². The van der Waals surface area contributed by atoms with Crippen molar-refractivity contribution in [1.29, 1.82) is 0 Å². The molecule has 0 aliphatic rings. The molecule has 1 aromatic heterocycles. The van der Waals surface area contributed by atoms with Gasteiger partial charge >= 0.3 is 5.97 Å². The Morgan fingerprint density at radius 2 is 2.24 bits per heavy atom. The monoisotopic (exact) mass is 232 g/mol. The van der Waals surface area contributed by atoms with Gasteiger partial charge in [0.25, 0.3) is 5.91 Å². The summed E-state index contributed by atoms with van der Waals surface area (Å²) in [6.45, 7) is 1.85. The molecule has 0 spiro atoms. The maximum absolute atomic E-state index is 11.2. The molecule has 0 aliphatic carbocycles. The molecule has 1 rings (SSSR count). The number of hydrogen-bond donors (Lipinski definition) is 1. The van der Waals surface area contributed by atoms with Gasteiger partial charge in [0.2, 0.25) is 0 Å². The molecule has 0 radical (unpaired) electrons. The number of nitrogens with zero attached hydrogens (tertiary/aromatic N) is 1. The van der Waals surface area contributed by atoms with Crippen LogP contribution in [0.15, 0.2) is 18.5 Å². The first kappa shape index (κ1) is 12.7. The molecule has 88 valence electrons. The van der Waals surface area contributed by atoms with Crippen molar-refractivity contribution in [3.63, 3.8) is 0 Å². The maximum atomic E-state index is 11.2. The van der Waals surface area contributed by atoms with Crippen LogP contribution in [0.2, 0.25) is 0 Å². The number of methoxy groups -OCH3 is 1. The summed E-state index contributed by atoms with van der Waals surface area (Å²) >= 11 is 0. The average molecular weight is 232 g/mol. The van der Waals surface area contributed by atoms with Gasteiger partial charge in [0.15, 0.2) is 0 Å². The second-order valence-corrected chi connectivity index (χ2v) is 3.13. The van der Waals surface area contributed by atoms with Crippen LogP contribution >= 0.6 is 0 Å². The Bertz CT molecular complexity index is 486. The number of amides is 1. The number of aromatic nitrogens is 1.